The Balaban J connectivity index is 1.24. The fraction of sp³-hybridized carbons (Fsp3) is 0.700. The molecule has 1 saturated carbocycles. The maximum Gasteiger partial charge on any atom is 0.225 e. The number of piperazine rings is 1. The summed E-state index contributed by atoms with van der Waals surface area (Å²) in [4.78, 5) is 40.2. The molecule has 2 saturated heterocycles. The minimum absolute atomic E-state index is 0.0900. The van der Waals surface area contributed by atoms with Gasteiger partial charge in [-0.1, -0.05) is 0 Å². The average Bonchev–Trinajstić information content (AvgIpc) is 3.28. The van der Waals surface area contributed by atoms with Crippen LogP contribution in [-0.2, 0) is 9.59 Å². The first kappa shape index (κ1) is 18.2. The summed E-state index contributed by atoms with van der Waals surface area (Å²) >= 11 is 0. The van der Waals surface area contributed by atoms with Crippen molar-refractivity contribution in [1.82, 2.24) is 19.8 Å². The van der Waals surface area contributed by atoms with Gasteiger partial charge in [-0.3, -0.25) is 9.59 Å². The summed E-state index contributed by atoms with van der Waals surface area (Å²) in [7, 11) is 0. The molecule has 4 rings (SSSR count). The normalized spacial score (nSPS) is 26.3. The Morgan fingerprint density at radius 3 is 1.74 bits per heavy atom. The minimum atomic E-state index is 0.0900. The Morgan fingerprint density at radius 2 is 1.22 bits per heavy atom. The van der Waals surface area contributed by atoms with E-state index in [-0.39, 0.29) is 17.7 Å². The van der Waals surface area contributed by atoms with Crippen LogP contribution >= 0.6 is 0 Å². The van der Waals surface area contributed by atoms with Crippen LogP contribution in [0.4, 0.5) is 5.95 Å². The van der Waals surface area contributed by atoms with Gasteiger partial charge in [-0.25, -0.2) is 9.97 Å². The minimum Gasteiger partial charge on any atom is -0.342 e. The highest BCUT2D eigenvalue weighted by atomic mass is 16.2. The predicted molar refractivity (Wildman–Crippen MR) is 102 cm³/mol. The van der Waals surface area contributed by atoms with E-state index < -0.39 is 0 Å². The van der Waals surface area contributed by atoms with Crippen molar-refractivity contribution < 1.29 is 9.59 Å². The van der Waals surface area contributed by atoms with Crippen LogP contribution in [0.15, 0.2) is 18.5 Å². The number of nitrogens with zero attached hydrogens (tertiary/aromatic N) is 5. The van der Waals surface area contributed by atoms with Gasteiger partial charge in [0.1, 0.15) is 0 Å². The summed E-state index contributed by atoms with van der Waals surface area (Å²) in [5.41, 5.74) is 0. The molecule has 0 radical (unpaired) electrons. The maximum atomic E-state index is 12.9. The molecular weight excluding hydrogens is 342 g/mol. The van der Waals surface area contributed by atoms with E-state index in [1.165, 1.54) is 0 Å². The van der Waals surface area contributed by atoms with Gasteiger partial charge < -0.3 is 14.7 Å². The molecule has 7 heteroatoms. The number of hydrogen-bond acceptors (Lipinski definition) is 5. The van der Waals surface area contributed by atoms with Crippen LogP contribution in [0.25, 0.3) is 0 Å². The van der Waals surface area contributed by atoms with Crippen LogP contribution in [0.5, 0.6) is 0 Å². The van der Waals surface area contributed by atoms with Crippen LogP contribution in [0.2, 0.25) is 0 Å². The second-order valence-electron chi connectivity index (χ2n) is 7.94. The lowest BCUT2D eigenvalue weighted by molar-refractivity contribution is -0.141. The van der Waals surface area contributed by atoms with Gasteiger partial charge in [0.05, 0.1) is 0 Å². The number of carbonyl (C=O) groups excluding carboxylic acids is 2. The van der Waals surface area contributed by atoms with E-state index in [1.54, 1.807) is 12.4 Å². The summed E-state index contributed by atoms with van der Waals surface area (Å²) in [6, 6.07) is 1.81. The zero-order valence-corrected chi connectivity index (χ0v) is 15.9. The van der Waals surface area contributed by atoms with Gasteiger partial charge >= 0.3 is 0 Å². The fourth-order valence-electron chi connectivity index (χ4n) is 4.62. The molecule has 0 unspecified atom stereocenters. The summed E-state index contributed by atoms with van der Waals surface area (Å²) in [6.45, 7) is 4.85. The van der Waals surface area contributed by atoms with E-state index in [0.29, 0.717) is 5.91 Å². The van der Waals surface area contributed by atoms with Crippen molar-refractivity contribution in [3.8, 4) is 0 Å². The molecule has 1 aromatic rings. The maximum absolute atomic E-state index is 12.9. The third-order valence-corrected chi connectivity index (χ3v) is 6.27. The zero-order chi connectivity index (χ0) is 18.6. The van der Waals surface area contributed by atoms with Gasteiger partial charge in [0, 0.05) is 63.5 Å². The van der Waals surface area contributed by atoms with Gasteiger partial charge in [-0.2, -0.15) is 0 Å². The van der Waals surface area contributed by atoms with Crippen LogP contribution in [0.1, 0.15) is 38.5 Å². The third-order valence-electron chi connectivity index (χ3n) is 6.27. The molecule has 1 aromatic heterocycles. The quantitative estimate of drug-likeness (QED) is 0.806. The molecule has 3 fully saturated rings. The molecule has 7 nitrogen and oxygen atoms in total. The van der Waals surface area contributed by atoms with E-state index in [1.807, 2.05) is 15.9 Å². The number of aromatic nitrogens is 2. The Morgan fingerprint density at radius 1 is 0.741 bits per heavy atom. The molecule has 2 aliphatic heterocycles. The molecule has 3 aliphatic rings. The second-order valence-corrected chi connectivity index (χ2v) is 7.94. The first-order chi connectivity index (χ1) is 13.2. The summed E-state index contributed by atoms with van der Waals surface area (Å²) in [5, 5.41) is 0. The Bertz CT molecular complexity index is 646. The molecule has 27 heavy (non-hydrogen) atoms. The SMILES string of the molecule is O=C(C1CCC(C(=O)N2CCN(c3ncccn3)CC2)CC1)N1CCCC1. The monoisotopic (exact) mass is 371 g/mol. The highest BCUT2D eigenvalue weighted by molar-refractivity contribution is 5.81. The van der Waals surface area contributed by atoms with Crippen LogP contribution < -0.4 is 4.90 Å². The largest absolute Gasteiger partial charge is 0.342 e. The van der Waals surface area contributed by atoms with E-state index in [4.69, 9.17) is 0 Å². The van der Waals surface area contributed by atoms with E-state index in [0.717, 1.165) is 83.7 Å². The van der Waals surface area contributed by atoms with Crippen molar-refractivity contribution in [3.63, 3.8) is 0 Å². The first-order valence-corrected chi connectivity index (χ1v) is 10.3. The average molecular weight is 371 g/mol. The highest BCUT2D eigenvalue weighted by Crippen LogP contribution is 2.32. The molecule has 3 heterocycles. The van der Waals surface area contributed by atoms with Gasteiger partial charge in [0.2, 0.25) is 17.8 Å². The molecule has 146 valence electrons. The molecule has 0 aromatic carbocycles. The van der Waals surface area contributed by atoms with Crippen molar-refractivity contribution in [2.24, 2.45) is 11.8 Å². The standard InChI is InChI=1S/C20H29N5O2/c26-18(23-10-1-2-11-23)16-4-6-17(7-5-16)19(27)24-12-14-25(15-13-24)20-21-8-3-9-22-20/h3,8-9,16-17H,1-2,4-7,10-15H2. The number of amides is 2. The van der Waals surface area contributed by atoms with Crippen LogP contribution in [0.3, 0.4) is 0 Å². The van der Waals surface area contributed by atoms with Crippen molar-refractivity contribution in [2.75, 3.05) is 44.2 Å². The molecule has 0 atom stereocenters. The van der Waals surface area contributed by atoms with Crippen molar-refractivity contribution in [3.05, 3.63) is 18.5 Å². The van der Waals surface area contributed by atoms with Gasteiger partial charge in [-0.15, -0.1) is 0 Å². The Hall–Kier alpha value is -2.18. The van der Waals surface area contributed by atoms with E-state index in [2.05, 4.69) is 14.9 Å². The number of likely N-dealkylation sites (tertiary alicyclic amines) is 1. The van der Waals surface area contributed by atoms with E-state index in [9.17, 15) is 9.59 Å². The lowest BCUT2D eigenvalue weighted by Crippen LogP contribution is -2.51. The predicted octanol–water partition coefficient (Wildman–Crippen LogP) is 1.55. The highest BCUT2D eigenvalue weighted by Gasteiger charge is 2.35. The lowest BCUT2D eigenvalue weighted by Gasteiger charge is -2.38. The van der Waals surface area contributed by atoms with E-state index >= 15 is 0 Å². The van der Waals surface area contributed by atoms with Gasteiger partial charge in [-0.05, 0) is 44.6 Å². The van der Waals surface area contributed by atoms with Crippen LogP contribution in [0, 0.1) is 11.8 Å². The molecule has 0 N–H and O–H groups in total. The number of hydrogen-bond donors (Lipinski definition) is 0. The smallest absolute Gasteiger partial charge is 0.225 e. The number of anilines is 1. The molecule has 0 spiro atoms. The summed E-state index contributed by atoms with van der Waals surface area (Å²) in [6.07, 6.45) is 9.21. The summed E-state index contributed by atoms with van der Waals surface area (Å²) < 4.78 is 0. The molecule has 1 aliphatic carbocycles. The van der Waals surface area contributed by atoms with Crippen molar-refractivity contribution in [1.29, 1.82) is 0 Å². The zero-order valence-electron chi connectivity index (χ0n) is 15.9. The number of carbonyl (C=O) groups is 2. The lowest BCUT2D eigenvalue weighted by atomic mass is 9.80. The summed E-state index contributed by atoms with van der Waals surface area (Å²) in [5.74, 6) is 1.57. The first-order valence-electron chi connectivity index (χ1n) is 10.3. The van der Waals surface area contributed by atoms with Crippen LogP contribution in [-0.4, -0.2) is 70.9 Å². The molecule has 0 bridgehead atoms. The Labute approximate surface area is 160 Å². The van der Waals surface area contributed by atoms with Gasteiger partial charge in [0.25, 0.3) is 0 Å². The van der Waals surface area contributed by atoms with Gasteiger partial charge in [0.15, 0.2) is 0 Å². The Kier molecular flexibility index (Phi) is 5.55. The molecule has 2 amide bonds. The third kappa shape index (κ3) is 4.06. The van der Waals surface area contributed by atoms with Crippen molar-refractivity contribution >= 4 is 17.8 Å². The number of rotatable bonds is 3. The fourth-order valence-corrected chi connectivity index (χ4v) is 4.62. The molecular formula is C20H29N5O2. The topological polar surface area (TPSA) is 69.6 Å². The van der Waals surface area contributed by atoms with Crippen molar-refractivity contribution in [2.45, 2.75) is 38.5 Å². The second kappa shape index (κ2) is 8.23.